The second-order valence-electron chi connectivity index (χ2n) is 8.44. The van der Waals surface area contributed by atoms with Gasteiger partial charge in [-0.3, -0.25) is 14.3 Å². The molecule has 1 saturated carbocycles. The molecule has 3 atom stereocenters. The van der Waals surface area contributed by atoms with Gasteiger partial charge in [0.15, 0.2) is 5.69 Å². The van der Waals surface area contributed by atoms with E-state index in [0.29, 0.717) is 21.7 Å². The first-order valence-corrected chi connectivity index (χ1v) is 11.6. The quantitative estimate of drug-likeness (QED) is 0.423. The number of esters is 1. The molecule has 1 N–H and O–H groups in total. The van der Waals surface area contributed by atoms with Gasteiger partial charge in [-0.1, -0.05) is 41.4 Å². The zero-order chi connectivity index (χ0) is 24.0. The molecule has 2 aromatic heterocycles. The molecule has 1 saturated heterocycles. The Labute approximate surface area is 205 Å². The number of rotatable bonds is 5. The summed E-state index contributed by atoms with van der Waals surface area (Å²) in [5.41, 5.74) is 0.545. The molecule has 176 valence electrons. The standard InChI is InChI=1S/C23H21Cl2N5O4/c1-34-23(33)19-14-4-2-5-15(24)21(14)29(28-19)11-18(31)30-13-9-8-12(10-13)20(30)22(32)27-17-7-3-6-16(25)26-17/h2-7,12-13,20H,8-11H2,1H3,(H,26,27,32)/t12-,13+,20-/m0/s1. The fraction of sp³-hybridized carbons (Fsp3) is 0.348. The number of halogens is 2. The van der Waals surface area contributed by atoms with Crippen molar-refractivity contribution in [1.29, 1.82) is 0 Å². The molecule has 11 heteroatoms. The van der Waals surface area contributed by atoms with Crippen LogP contribution < -0.4 is 5.32 Å². The van der Waals surface area contributed by atoms with Crippen molar-refractivity contribution in [3.05, 3.63) is 52.3 Å². The number of pyridine rings is 1. The van der Waals surface area contributed by atoms with Crippen LogP contribution in [0.2, 0.25) is 10.2 Å². The van der Waals surface area contributed by atoms with Crippen molar-refractivity contribution >= 4 is 57.7 Å². The van der Waals surface area contributed by atoms with Gasteiger partial charge in [-0.15, -0.1) is 0 Å². The van der Waals surface area contributed by atoms with E-state index in [9.17, 15) is 14.4 Å². The number of piperidine rings is 1. The second kappa shape index (κ2) is 8.88. The Bertz CT molecular complexity index is 1310. The third-order valence-electron chi connectivity index (χ3n) is 6.49. The molecule has 1 aromatic carbocycles. The summed E-state index contributed by atoms with van der Waals surface area (Å²) in [6.07, 6.45) is 2.48. The Balaban J connectivity index is 1.43. The predicted molar refractivity (Wildman–Crippen MR) is 126 cm³/mol. The molecule has 3 heterocycles. The molecule has 2 amide bonds. The van der Waals surface area contributed by atoms with Gasteiger partial charge in [0.2, 0.25) is 11.8 Å². The number of ether oxygens (including phenoxy) is 1. The van der Waals surface area contributed by atoms with E-state index in [2.05, 4.69) is 15.4 Å². The summed E-state index contributed by atoms with van der Waals surface area (Å²) in [5, 5.41) is 8.24. The number of benzene rings is 1. The molecule has 9 nitrogen and oxygen atoms in total. The van der Waals surface area contributed by atoms with Gasteiger partial charge < -0.3 is 15.0 Å². The molecular formula is C23H21Cl2N5O4. The number of likely N-dealkylation sites (tertiary alicyclic amines) is 1. The van der Waals surface area contributed by atoms with Crippen molar-refractivity contribution in [1.82, 2.24) is 19.7 Å². The van der Waals surface area contributed by atoms with Gasteiger partial charge in [0, 0.05) is 11.4 Å². The lowest BCUT2D eigenvalue weighted by Crippen LogP contribution is -2.52. The highest BCUT2D eigenvalue weighted by Crippen LogP contribution is 2.43. The number of nitrogens with zero attached hydrogens (tertiary/aromatic N) is 4. The monoisotopic (exact) mass is 501 g/mol. The Kier molecular flexibility index (Phi) is 5.91. The lowest BCUT2D eigenvalue weighted by Gasteiger charge is -2.34. The Hall–Kier alpha value is -3.17. The first kappa shape index (κ1) is 22.6. The number of anilines is 1. The summed E-state index contributed by atoms with van der Waals surface area (Å²) >= 11 is 12.3. The minimum atomic E-state index is -0.621. The van der Waals surface area contributed by atoms with Crippen molar-refractivity contribution in [2.75, 3.05) is 12.4 Å². The Morgan fingerprint density at radius 2 is 1.94 bits per heavy atom. The van der Waals surface area contributed by atoms with Crippen molar-refractivity contribution in [2.24, 2.45) is 5.92 Å². The number of para-hydroxylation sites is 1. The van der Waals surface area contributed by atoms with E-state index >= 15 is 0 Å². The number of amides is 2. The third-order valence-corrected chi connectivity index (χ3v) is 7.01. The fourth-order valence-corrected chi connectivity index (χ4v) is 5.56. The highest BCUT2D eigenvalue weighted by molar-refractivity contribution is 6.35. The molecule has 3 aromatic rings. The van der Waals surface area contributed by atoms with E-state index in [1.165, 1.54) is 11.8 Å². The topological polar surface area (TPSA) is 106 Å². The van der Waals surface area contributed by atoms with E-state index in [1.807, 2.05) is 0 Å². The molecular weight excluding hydrogens is 481 g/mol. The minimum absolute atomic E-state index is 0.0297. The van der Waals surface area contributed by atoms with Crippen molar-refractivity contribution in [3.8, 4) is 0 Å². The smallest absolute Gasteiger partial charge is 0.359 e. The highest BCUT2D eigenvalue weighted by atomic mass is 35.5. The summed E-state index contributed by atoms with van der Waals surface area (Å²) in [4.78, 5) is 44.7. The van der Waals surface area contributed by atoms with E-state index in [4.69, 9.17) is 27.9 Å². The molecule has 34 heavy (non-hydrogen) atoms. The van der Waals surface area contributed by atoms with Crippen LogP contribution in [0, 0.1) is 5.92 Å². The number of hydrogen-bond donors (Lipinski definition) is 1. The molecule has 0 spiro atoms. The number of fused-ring (bicyclic) bond motifs is 3. The minimum Gasteiger partial charge on any atom is -0.464 e. The zero-order valence-corrected chi connectivity index (χ0v) is 19.7. The Morgan fingerprint density at radius 3 is 2.71 bits per heavy atom. The lowest BCUT2D eigenvalue weighted by molar-refractivity contribution is -0.141. The van der Waals surface area contributed by atoms with Gasteiger partial charge in [0.05, 0.1) is 17.6 Å². The van der Waals surface area contributed by atoms with Gasteiger partial charge in [0.1, 0.15) is 23.6 Å². The predicted octanol–water partition coefficient (Wildman–Crippen LogP) is 3.54. The maximum atomic E-state index is 13.5. The van der Waals surface area contributed by atoms with Crippen LogP contribution >= 0.6 is 23.2 Å². The average Bonchev–Trinajstić information content (AvgIpc) is 3.52. The summed E-state index contributed by atoms with van der Waals surface area (Å²) in [5.74, 6) is -0.789. The third kappa shape index (κ3) is 3.88. The van der Waals surface area contributed by atoms with E-state index < -0.39 is 12.0 Å². The van der Waals surface area contributed by atoms with Crippen LogP contribution in [0.1, 0.15) is 29.8 Å². The normalized spacial score (nSPS) is 21.1. The van der Waals surface area contributed by atoms with Gasteiger partial charge in [0.25, 0.3) is 0 Å². The number of carbonyl (C=O) groups excluding carboxylic acids is 3. The van der Waals surface area contributed by atoms with Crippen LogP contribution in [0.3, 0.4) is 0 Å². The van der Waals surface area contributed by atoms with Crippen molar-refractivity contribution < 1.29 is 19.1 Å². The maximum absolute atomic E-state index is 13.5. The molecule has 0 radical (unpaired) electrons. The molecule has 2 fully saturated rings. The number of hydrogen-bond acceptors (Lipinski definition) is 6. The maximum Gasteiger partial charge on any atom is 0.359 e. The summed E-state index contributed by atoms with van der Waals surface area (Å²) in [6.45, 7) is -0.167. The fourth-order valence-electron chi connectivity index (χ4n) is 5.13. The van der Waals surface area contributed by atoms with Crippen LogP contribution in [0.5, 0.6) is 0 Å². The lowest BCUT2D eigenvalue weighted by atomic mass is 9.97. The van der Waals surface area contributed by atoms with E-state index in [1.54, 1.807) is 41.3 Å². The molecule has 2 aliphatic rings. The summed E-state index contributed by atoms with van der Waals surface area (Å²) in [7, 11) is 1.27. The first-order valence-electron chi connectivity index (χ1n) is 10.8. The van der Waals surface area contributed by atoms with E-state index in [0.717, 1.165) is 19.3 Å². The molecule has 1 aliphatic heterocycles. The van der Waals surface area contributed by atoms with Gasteiger partial charge >= 0.3 is 5.97 Å². The van der Waals surface area contributed by atoms with Crippen LogP contribution in [0.4, 0.5) is 5.82 Å². The van der Waals surface area contributed by atoms with Gasteiger partial charge in [-0.25, -0.2) is 9.78 Å². The highest BCUT2D eigenvalue weighted by Gasteiger charge is 2.51. The van der Waals surface area contributed by atoms with Crippen molar-refractivity contribution in [3.63, 3.8) is 0 Å². The molecule has 1 aliphatic carbocycles. The summed E-state index contributed by atoms with van der Waals surface area (Å²) < 4.78 is 6.24. The first-order chi connectivity index (χ1) is 16.4. The van der Waals surface area contributed by atoms with E-state index in [-0.39, 0.29) is 41.2 Å². The number of nitrogens with one attached hydrogen (secondary N) is 1. The van der Waals surface area contributed by atoms with Crippen LogP contribution in [0.15, 0.2) is 36.4 Å². The van der Waals surface area contributed by atoms with Crippen LogP contribution in [-0.2, 0) is 20.9 Å². The second-order valence-corrected chi connectivity index (χ2v) is 9.24. The van der Waals surface area contributed by atoms with Gasteiger partial charge in [-0.2, -0.15) is 5.10 Å². The Morgan fingerprint density at radius 1 is 1.15 bits per heavy atom. The number of carbonyl (C=O) groups is 3. The SMILES string of the molecule is COC(=O)c1nn(CC(=O)N2[C@@H]3CC[C@@H](C3)[C@H]2C(=O)Nc2cccc(Cl)n2)c2c(Cl)cccc12. The van der Waals surface area contributed by atoms with Crippen LogP contribution in [0.25, 0.3) is 10.9 Å². The number of methoxy groups -OCH3 is 1. The zero-order valence-electron chi connectivity index (χ0n) is 18.2. The molecule has 5 rings (SSSR count). The molecule has 0 unspecified atom stereocenters. The van der Waals surface area contributed by atoms with Gasteiger partial charge in [-0.05, 0) is 43.4 Å². The van der Waals surface area contributed by atoms with Crippen LogP contribution in [-0.4, -0.2) is 56.6 Å². The number of aromatic nitrogens is 3. The molecule has 2 bridgehead atoms. The largest absolute Gasteiger partial charge is 0.464 e. The summed E-state index contributed by atoms with van der Waals surface area (Å²) in [6, 6.07) is 9.38. The average molecular weight is 502 g/mol. The van der Waals surface area contributed by atoms with Crippen molar-refractivity contribution in [2.45, 2.75) is 37.9 Å².